The summed E-state index contributed by atoms with van der Waals surface area (Å²) in [7, 11) is 0. The lowest BCUT2D eigenvalue weighted by molar-refractivity contribution is 0.369. The molecule has 2 aromatic carbocycles. The number of benzene rings is 2. The molecule has 0 unspecified atom stereocenters. The van der Waals surface area contributed by atoms with Crippen LogP contribution in [-0.2, 0) is 0 Å². The summed E-state index contributed by atoms with van der Waals surface area (Å²) in [5, 5.41) is 28.5. The Bertz CT molecular complexity index is 701. The molecule has 1 heterocycles. The molecule has 0 saturated heterocycles. The number of aromatic nitrogens is 2. The van der Waals surface area contributed by atoms with Crippen LogP contribution in [0.2, 0.25) is 0 Å². The largest absolute Gasteiger partial charge is 0.504 e. The van der Waals surface area contributed by atoms with E-state index in [2.05, 4.69) is 9.97 Å². The van der Waals surface area contributed by atoms with E-state index >= 15 is 0 Å². The van der Waals surface area contributed by atoms with E-state index in [-0.39, 0.29) is 5.75 Å². The summed E-state index contributed by atoms with van der Waals surface area (Å²) in [6.45, 7) is 0. The first-order valence-corrected chi connectivity index (χ1v) is 5.36. The molecule has 1 aromatic heterocycles. The second kappa shape index (κ2) is 3.66. The van der Waals surface area contributed by atoms with Crippen molar-refractivity contribution in [3.8, 4) is 28.6 Å². The molecule has 0 radical (unpaired) electrons. The molecule has 0 aliphatic carbocycles. The molecular formula is C13H10N2O3. The van der Waals surface area contributed by atoms with Gasteiger partial charge >= 0.3 is 0 Å². The number of nitrogens with one attached hydrogen (secondary N) is 1. The standard InChI is InChI=1S/C13H10N2O3/c16-10-6-5-7(11(17)12(10)18)13-14-8-3-1-2-4-9(8)15-13/h1-6,16-18H,(H,14,15). The number of hydrogen-bond acceptors (Lipinski definition) is 4. The number of rotatable bonds is 1. The Hall–Kier alpha value is -2.69. The van der Waals surface area contributed by atoms with Crippen molar-refractivity contribution in [1.82, 2.24) is 9.97 Å². The molecule has 0 spiro atoms. The highest BCUT2D eigenvalue weighted by atomic mass is 16.3. The fourth-order valence-electron chi connectivity index (χ4n) is 1.84. The van der Waals surface area contributed by atoms with E-state index in [1.807, 2.05) is 24.3 Å². The Kier molecular flexibility index (Phi) is 2.13. The van der Waals surface area contributed by atoms with Crippen LogP contribution < -0.4 is 0 Å². The van der Waals surface area contributed by atoms with E-state index in [4.69, 9.17) is 0 Å². The van der Waals surface area contributed by atoms with E-state index in [9.17, 15) is 15.3 Å². The van der Waals surface area contributed by atoms with Gasteiger partial charge in [0.1, 0.15) is 5.82 Å². The maximum atomic E-state index is 9.79. The van der Waals surface area contributed by atoms with Crippen molar-refractivity contribution >= 4 is 11.0 Å². The Balaban J connectivity index is 2.23. The fraction of sp³-hybridized carbons (Fsp3) is 0. The zero-order valence-electron chi connectivity index (χ0n) is 9.25. The van der Waals surface area contributed by atoms with Crippen molar-refractivity contribution < 1.29 is 15.3 Å². The second-order valence-electron chi connectivity index (χ2n) is 3.93. The Morgan fingerprint density at radius 3 is 2.44 bits per heavy atom. The van der Waals surface area contributed by atoms with Gasteiger partial charge in [0.15, 0.2) is 11.5 Å². The van der Waals surface area contributed by atoms with Crippen LogP contribution >= 0.6 is 0 Å². The van der Waals surface area contributed by atoms with Crippen molar-refractivity contribution in [2.24, 2.45) is 0 Å². The molecule has 18 heavy (non-hydrogen) atoms. The number of fused-ring (bicyclic) bond motifs is 1. The van der Waals surface area contributed by atoms with Gasteiger partial charge in [-0.1, -0.05) is 12.1 Å². The van der Waals surface area contributed by atoms with Crippen molar-refractivity contribution in [1.29, 1.82) is 0 Å². The Labute approximate surface area is 102 Å². The number of H-pyrrole nitrogens is 1. The van der Waals surface area contributed by atoms with Gasteiger partial charge in [-0.15, -0.1) is 0 Å². The third-order valence-electron chi connectivity index (χ3n) is 2.77. The van der Waals surface area contributed by atoms with Gasteiger partial charge in [-0.25, -0.2) is 4.98 Å². The number of nitrogens with zero attached hydrogens (tertiary/aromatic N) is 1. The molecule has 5 nitrogen and oxygen atoms in total. The van der Waals surface area contributed by atoms with Gasteiger partial charge in [0.05, 0.1) is 16.6 Å². The maximum absolute atomic E-state index is 9.79. The maximum Gasteiger partial charge on any atom is 0.201 e. The summed E-state index contributed by atoms with van der Waals surface area (Å²) >= 11 is 0. The fourth-order valence-corrected chi connectivity index (χ4v) is 1.84. The average Bonchev–Trinajstić information content (AvgIpc) is 2.79. The lowest BCUT2D eigenvalue weighted by atomic mass is 10.1. The minimum atomic E-state index is -0.548. The van der Waals surface area contributed by atoms with E-state index in [0.717, 1.165) is 11.0 Å². The first-order chi connectivity index (χ1) is 8.66. The van der Waals surface area contributed by atoms with Gasteiger partial charge in [0.2, 0.25) is 5.75 Å². The normalized spacial score (nSPS) is 10.9. The first-order valence-electron chi connectivity index (χ1n) is 5.36. The molecule has 3 aromatic rings. The molecule has 90 valence electrons. The number of imidazole rings is 1. The topological polar surface area (TPSA) is 89.4 Å². The van der Waals surface area contributed by atoms with Crippen molar-refractivity contribution in [3.63, 3.8) is 0 Å². The summed E-state index contributed by atoms with van der Waals surface area (Å²) in [6, 6.07) is 10.2. The smallest absolute Gasteiger partial charge is 0.201 e. The SMILES string of the molecule is Oc1ccc(-c2nc3ccccc3[nH]2)c(O)c1O. The number of para-hydroxylation sites is 2. The number of phenols is 3. The van der Waals surface area contributed by atoms with Gasteiger partial charge in [-0.05, 0) is 24.3 Å². The van der Waals surface area contributed by atoms with Crippen molar-refractivity contribution in [3.05, 3.63) is 36.4 Å². The molecule has 0 aliphatic rings. The van der Waals surface area contributed by atoms with Gasteiger partial charge in [-0.3, -0.25) is 0 Å². The van der Waals surface area contributed by atoms with E-state index in [1.54, 1.807) is 0 Å². The predicted molar refractivity (Wildman–Crippen MR) is 66.5 cm³/mol. The summed E-state index contributed by atoms with van der Waals surface area (Å²) < 4.78 is 0. The van der Waals surface area contributed by atoms with Crippen LogP contribution in [-0.4, -0.2) is 25.3 Å². The minimum absolute atomic E-state index is 0.335. The first kappa shape index (κ1) is 10.5. The van der Waals surface area contributed by atoms with E-state index in [1.165, 1.54) is 12.1 Å². The minimum Gasteiger partial charge on any atom is -0.504 e. The quantitative estimate of drug-likeness (QED) is 0.493. The predicted octanol–water partition coefficient (Wildman–Crippen LogP) is 2.35. The molecule has 0 amide bonds. The Morgan fingerprint density at radius 2 is 1.67 bits per heavy atom. The van der Waals surface area contributed by atoms with E-state index < -0.39 is 11.5 Å². The van der Waals surface area contributed by atoms with Gasteiger partial charge < -0.3 is 20.3 Å². The van der Waals surface area contributed by atoms with Crippen LogP contribution in [0.25, 0.3) is 22.4 Å². The molecule has 3 rings (SSSR count). The van der Waals surface area contributed by atoms with Crippen LogP contribution in [0, 0.1) is 0 Å². The van der Waals surface area contributed by atoms with Gasteiger partial charge in [0, 0.05) is 0 Å². The van der Waals surface area contributed by atoms with E-state index in [0.29, 0.717) is 11.4 Å². The van der Waals surface area contributed by atoms with Crippen molar-refractivity contribution in [2.45, 2.75) is 0 Å². The zero-order chi connectivity index (χ0) is 12.7. The van der Waals surface area contributed by atoms with Crippen LogP contribution in [0.5, 0.6) is 17.2 Å². The van der Waals surface area contributed by atoms with Gasteiger partial charge in [0.25, 0.3) is 0 Å². The second-order valence-corrected chi connectivity index (χ2v) is 3.93. The molecule has 0 bridgehead atoms. The molecule has 0 saturated carbocycles. The molecule has 0 aliphatic heterocycles. The molecule has 0 fully saturated rings. The summed E-state index contributed by atoms with van der Waals surface area (Å²) in [5.74, 6) is -0.877. The van der Waals surface area contributed by atoms with Crippen LogP contribution in [0.15, 0.2) is 36.4 Å². The average molecular weight is 242 g/mol. The number of hydrogen-bond donors (Lipinski definition) is 4. The lowest BCUT2D eigenvalue weighted by Crippen LogP contribution is -1.82. The number of phenolic OH excluding ortho intramolecular Hbond substituents is 3. The Morgan fingerprint density at radius 1 is 0.889 bits per heavy atom. The van der Waals surface area contributed by atoms with Crippen LogP contribution in [0.1, 0.15) is 0 Å². The molecule has 0 atom stereocenters. The third kappa shape index (κ3) is 1.45. The number of aromatic amines is 1. The summed E-state index contributed by atoms with van der Waals surface area (Å²) in [4.78, 5) is 7.34. The number of aromatic hydroxyl groups is 3. The summed E-state index contributed by atoms with van der Waals surface area (Å²) in [5.41, 5.74) is 1.93. The van der Waals surface area contributed by atoms with Crippen LogP contribution in [0.3, 0.4) is 0 Å². The lowest BCUT2D eigenvalue weighted by Gasteiger charge is -2.04. The monoisotopic (exact) mass is 242 g/mol. The summed E-state index contributed by atoms with van der Waals surface area (Å²) in [6.07, 6.45) is 0. The van der Waals surface area contributed by atoms with Crippen LogP contribution in [0.4, 0.5) is 0 Å². The third-order valence-corrected chi connectivity index (χ3v) is 2.77. The highest BCUT2D eigenvalue weighted by molar-refractivity contribution is 5.81. The zero-order valence-corrected chi connectivity index (χ0v) is 9.25. The highest BCUT2D eigenvalue weighted by Crippen LogP contribution is 2.41. The highest BCUT2D eigenvalue weighted by Gasteiger charge is 2.15. The molecule has 4 N–H and O–H groups in total. The molecular weight excluding hydrogens is 232 g/mol. The van der Waals surface area contributed by atoms with Gasteiger partial charge in [-0.2, -0.15) is 0 Å². The van der Waals surface area contributed by atoms with Crippen molar-refractivity contribution in [2.75, 3.05) is 0 Å². The molecule has 5 heteroatoms.